The van der Waals surface area contributed by atoms with Gasteiger partial charge in [0.15, 0.2) is 23.1 Å². The lowest BCUT2D eigenvalue weighted by Gasteiger charge is -2.11. The molecule has 0 aromatic heterocycles. The van der Waals surface area contributed by atoms with Crippen LogP contribution in [0.25, 0.3) is 0 Å². The molecule has 3 nitrogen and oxygen atoms in total. The Hall–Kier alpha value is -2.14. The summed E-state index contributed by atoms with van der Waals surface area (Å²) in [6.07, 6.45) is 0. The number of halogens is 2. The van der Waals surface area contributed by atoms with E-state index in [1.807, 2.05) is 23.5 Å². The van der Waals surface area contributed by atoms with Crippen molar-refractivity contribution in [3.05, 3.63) is 59.2 Å². The lowest BCUT2D eigenvalue weighted by molar-refractivity contribution is -0.686. The summed E-state index contributed by atoms with van der Waals surface area (Å²) in [6.45, 7) is 1.21. The van der Waals surface area contributed by atoms with Gasteiger partial charge in [0.25, 0.3) is 0 Å². The molecule has 21 heavy (non-hydrogen) atoms. The van der Waals surface area contributed by atoms with Crippen molar-refractivity contribution in [2.75, 3.05) is 14.2 Å². The van der Waals surface area contributed by atoms with Gasteiger partial charge in [-0.25, -0.2) is 8.78 Å². The molecule has 0 aliphatic carbocycles. The maximum Gasteiger partial charge on any atom is 0.169 e. The van der Waals surface area contributed by atoms with Crippen LogP contribution in [0.2, 0.25) is 0 Å². The Kier molecular flexibility index (Phi) is 5.11. The van der Waals surface area contributed by atoms with E-state index in [0.717, 1.165) is 17.2 Å². The van der Waals surface area contributed by atoms with Crippen LogP contribution in [0.5, 0.6) is 11.5 Å². The monoisotopic (exact) mass is 294 g/mol. The van der Waals surface area contributed by atoms with E-state index in [4.69, 9.17) is 9.47 Å². The van der Waals surface area contributed by atoms with Gasteiger partial charge in [-0.15, -0.1) is 0 Å². The Balaban J connectivity index is 2.01. The fourth-order valence-electron chi connectivity index (χ4n) is 2.18. The molecule has 0 saturated heterocycles. The molecule has 2 aromatic carbocycles. The van der Waals surface area contributed by atoms with Crippen molar-refractivity contribution in [3.8, 4) is 11.5 Å². The molecule has 0 atom stereocenters. The van der Waals surface area contributed by atoms with Gasteiger partial charge >= 0.3 is 0 Å². The van der Waals surface area contributed by atoms with Crippen LogP contribution < -0.4 is 14.8 Å². The Bertz CT molecular complexity index is 617. The maximum atomic E-state index is 13.1. The van der Waals surface area contributed by atoms with Crippen molar-refractivity contribution in [2.45, 2.75) is 13.1 Å². The van der Waals surface area contributed by atoms with E-state index in [9.17, 15) is 8.78 Å². The Labute approximate surface area is 122 Å². The molecular weight excluding hydrogens is 276 g/mol. The Morgan fingerprint density at radius 3 is 2.43 bits per heavy atom. The van der Waals surface area contributed by atoms with Gasteiger partial charge in [0, 0.05) is 5.56 Å². The van der Waals surface area contributed by atoms with E-state index in [0.29, 0.717) is 24.6 Å². The highest BCUT2D eigenvalue weighted by Gasteiger charge is 2.11. The highest BCUT2D eigenvalue weighted by atomic mass is 19.2. The van der Waals surface area contributed by atoms with Crippen LogP contribution >= 0.6 is 0 Å². The average molecular weight is 294 g/mol. The molecular formula is C16H18F2NO2+. The molecule has 0 fully saturated rings. The first-order valence-corrected chi connectivity index (χ1v) is 6.61. The number of para-hydroxylation sites is 1. The second-order valence-corrected chi connectivity index (χ2v) is 4.60. The molecule has 0 aliphatic rings. The van der Waals surface area contributed by atoms with Crippen molar-refractivity contribution in [1.82, 2.24) is 0 Å². The Morgan fingerprint density at radius 1 is 0.952 bits per heavy atom. The molecule has 2 N–H and O–H groups in total. The highest BCUT2D eigenvalue weighted by molar-refractivity contribution is 5.46. The molecule has 0 radical (unpaired) electrons. The van der Waals surface area contributed by atoms with E-state index in [1.54, 1.807) is 20.3 Å². The predicted octanol–water partition coefficient (Wildman–Crippen LogP) is 2.25. The molecule has 0 aliphatic heterocycles. The smallest absolute Gasteiger partial charge is 0.169 e. The van der Waals surface area contributed by atoms with Gasteiger partial charge in [-0.1, -0.05) is 12.1 Å². The number of benzene rings is 2. The number of hydrogen-bond acceptors (Lipinski definition) is 2. The summed E-state index contributed by atoms with van der Waals surface area (Å²) >= 11 is 0. The van der Waals surface area contributed by atoms with Crippen molar-refractivity contribution in [2.24, 2.45) is 0 Å². The van der Waals surface area contributed by atoms with Crippen LogP contribution in [0.3, 0.4) is 0 Å². The molecule has 0 bridgehead atoms. The van der Waals surface area contributed by atoms with E-state index in [1.165, 1.54) is 6.07 Å². The van der Waals surface area contributed by atoms with E-state index in [2.05, 4.69) is 0 Å². The second kappa shape index (κ2) is 7.04. The minimum atomic E-state index is -0.826. The van der Waals surface area contributed by atoms with Gasteiger partial charge in [-0.05, 0) is 24.3 Å². The first kappa shape index (κ1) is 15.3. The summed E-state index contributed by atoms with van der Waals surface area (Å²) in [7, 11) is 3.18. The van der Waals surface area contributed by atoms with Crippen LogP contribution in [0.1, 0.15) is 11.1 Å². The molecule has 112 valence electrons. The zero-order valence-corrected chi connectivity index (χ0v) is 12.0. The zero-order valence-electron chi connectivity index (χ0n) is 12.0. The van der Waals surface area contributed by atoms with E-state index >= 15 is 0 Å². The minimum absolute atomic E-state index is 0.553. The van der Waals surface area contributed by atoms with E-state index < -0.39 is 11.6 Å². The van der Waals surface area contributed by atoms with Crippen LogP contribution in [-0.2, 0) is 13.1 Å². The summed E-state index contributed by atoms with van der Waals surface area (Å²) < 4.78 is 36.6. The van der Waals surface area contributed by atoms with Gasteiger partial charge in [0.1, 0.15) is 13.1 Å². The standard InChI is InChI=1S/C16H17F2NO2/c1-20-15-5-3-4-12(16(15)21-2)10-19-9-11-6-7-13(17)14(18)8-11/h3-8,19H,9-10H2,1-2H3/p+1. The minimum Gasteiger partial charge on any atom is -0.493 e. The maximum absolute atomic E-state index is 13.1. The van der Waals surface area contributed by atoms with Crippen LogP contribution in [0, 0.1) is 11.6 Å². The van der Waals surface area contributed by atoms with Crippen molar-refractivity contribution in [1.29, 1.82) is 0 Å². The third-order valence-electron chi connectivity index (χ3n) is 3.21. The Morgan fingerprint density at radius 2 is 1.76 bits per heavy atom. The summed E-state index contributed by atoms with van der Waals surface area (Å²) in [5, 5.41) is 1.99. The molecule has 0 spiro atoms. The summed E-state index contributed by atoms with van der Waals surface area (Å²) in [4.78, 5) is 0. The number of methoxy groups -OCH3 is 2. The van der Waals surface area contributed by atoms with Crippen LogP contribution in [-0.4, -0.2) is 14.2 Å². The summed E-state index contributed by atoms with van der Waals surface area (Å²) in [6, 6.07) is 9.61. The number of nitrogens with two attached hydrogens (primary N) is 1. The van der Waals surface area contributed by atoms with Gasteiger partial charge in [0.05, 0.1) is 19.8 Å². The normalized spacial score (nSPS) is 10.5. The lowest BCUT2D eigenvalue weighted by atomic mass is 10.1. The van der Waals surface area contributed by atoms with Crippen LogP contribution in [0.15, 0.2) is 36.4 Å². The number of rotatable bonds is 6. The highest BCUT2D eigenvalue weighted by Crippen LogP contribution is 2.29. The first-order valence-electron chi connectivity index (χ1n) is 6.61. The second-order valence-electron chi connectivity index (χ2n) is 4.60. The third kappa shape index (κ3) is 3.70. The fourth-order valence-corrected chi connectivity index (χ4v) is 2.18. The fraction of sp³-hybridized carbons (Fsp3) is 0.250. The molecule has 0 heterocycles. The molecule has 2 aromatic rings. The van der Waals surface area contributed by atoms with Crippen molar-refractivity contribution < 1.29 is 23.6 Å². The quantitative estimate of drug-likeness (QED) is 0.887. The SMILES string of the molecule is COc1cccc(C[NH2+]Cc2ccc(F)c(F)c2)c1OC. The van der Waals surface area contributed by atoms with Gasteiger partial charge in [0.2, 0.25) is 0 Å². The summed E-state index contributed by atoms with van der Waals surface area (Å²) in [5.41, 5.74) is 1.72. The topological polar surface area (TPSA) is 35.1 Å². The predicted molar refractivity (Wildman–Crippen MR) is 75.2 cm³/mol. The molecule has 0 saturated carbocycles. The molecule has 0 amide bonds. The number of quaternary nitrogens is 1. The average Bonchev–Trinajstić information content (AvgIpc) is 2.50. The zero-order chi connectivity index (χ0) is 15.2. The largest absolute Gasteiger partial charge is 0.493 e. The van der Waals surface area contributed by atoms with Gasteiger partial charge in [-0.3, -0.25) is 0 Å². The van der Waals surface area contributed by atoms with Gasteiger partial charge < -0.3 is 14.8 Å². The van der Waals surface area contributed by atoms with Gasteiger partial charge in [-0.2, -0.15) is 0 Å². The van der Waals surface area contributed by atoms with Crippen molar-refractivity contribution in [3.63, 3.8) is 0 Å². The van der Waals surface area contributed by atoms with Crippen molar-refractivity contribution >= 4 is 0 Å². The first-order chi connectivity index (χ1) is 10.2. The number of ether oxygens (including phenoxy) is 2. The van der Waals surface area contributed by atoms with E-state index in [-0.39, 0.29) is 0 Å². The lowest BCUT2D eigenvalue weighted by Crippen LogP contribution is -2.80. The molecule has 5 heteroatoms. The number of hydrogen-bond donors (Lipinski definition) is 1. The molecule has 2 rings (SSSR count). The summed E-state index contributed by atoms with van der Waals surface area (Å²) in [5.74, 6) is -0.272. The molecule has 0 unspecified atom stereocenters. The van der Waals surface area contributed by atoms with Crippen LogP contribution in [0.4, 0.5) is 8.78 Å². The third-order valence-corrected chi connectivity index (χ3v) is 3.21.